The van der Waals surface area contributed by atoms with Gasteiger partial charge in [0, 0.05) is 6.54 Å². The van der Waals surface area contributed by atoms with E-state index in [2.05, 4.69) is 22.5 Å². The van der Waals surface area contributed by atoms with Gasteiger partial charge in [-0.2, -0.15) is 0 Å². The lowest BCUT2D eigenvalue weighted by molar-refractivity contribution is -0.133. The molecule has 1 aliphatic rings. The van der Waals surface area contributed by atoms with Crippen molar-refractivity contribution >= 4 is 28.8 Å². The van der Waals surface area contributed by atoms with E-state index >= 15 is 0 Å². The number of carboxylic acid groups (broad SMARTS) is 1. The van der Waals surface area contributed by atoms with E-state index < -0.39 is 5.97 Å². The third-order valence-electron chi connectivity index (χ3n) is 3.40. The number of aliphatic carboxylic acids is 1. The van der Waals surface area contributed by atoms with E-state index in [4.69, 9.17) is 5.11 Å². The van der Waals surface area contributed by atoms with Crippen molar-refractivity contribution in [1.29, 1.82) is 0 Å². The summed E-state index contributed by atoms with van der Waals surface area (Å²) in [7, 11) is 0. The van der Waals surface area contributed by atoms with Crippen LogP contribution >= 0.6 is 11.8 Å². The number of imidazole rings is 1. The van der Waals surface area contributed by atoms with E-state index in [-0.39, 0.29) is 5.75 Å². The zero-order chi connectivity index (χ0) is 13.4. The molecule has 1 aromatic carbocycles. The highest BCUT2D eigenvalue weighted by Gasteiger charge is 2.25. The molecule has 5 heteroatoms. The molecular weight excluding hydrogens is 260 g/mol. The number of carboxylic acids is 1. The second kappa shape index (κ2) is 4.89. The zero-order valence-corrected chi connectivity index (χ0v) is 11.6. The Morgan fingerprint density at radius 3 is 3.00 bits per heavy atom. The first kappa shape index (κ1) is 12.5. The number of aromatic nitrogens is 2. The van der Waals surface area contributed by atoms with Gasteiger partial charge in [-0.05, 0) is 37.3 Å². The number of thioether (sulfide) groups is 1. The molecular formula is C14H16N2O2S. The van der Waals surface area contributed by atoms with E-state index in [1.54, 1.807) is 0 Å². The van der Waals surface area contributed by atoms with Gasteiger partial charge in [-0.1, -0.05) is 23.9 Å². The number of nitrogens with zero attached hydrogens (tertiary/aromatic N) is 2. The molecule has 3 rings (SSSR count). The Labute approximate surface area is 115 Å². The molecule has 2 aromatic rings. The first-order valence-electron chi connectivity index (χ1n) is 6.45. The molecule has 1 heterocycles. The van der Waals surface area contributed by atoms with Crippen molar-refractivity contribution in [2.45, 2.75) is 31.5 Å². The molecule has 1 N–H and O–H groups in total. The van der Waals surface area contributed by atoms with Crippen LogP contribution in [-0.4, -0.2) is 26.4 Å². The number of hydrogen-bond acceptors (Lipinski definition) is 3. The topological polar surface area (TPSA) is 55.1 Å². The second-order valence-electron chi connectivity index (χ2n) is 5.07. The van der Waals surface area contributed by atoms with Crippen molar-refractivity contribution < 1.29 is 9.90 Å². The minimum atomic E-state index is -0.799. The standard InChI is InChI=1S/C14H16N2O2S/c1-9-3-2-4-11-13(9)16(7-10-5-6-10)14(15-11)19-8-12(17)18/h2-4,10H,5-8H2,1H3,(H,17,18). The van der Waals surface area contributed by atoms with Crippen molar-refractivity contribution in [2.75, 3.05) is 5.75 Å². The predicted octanol–water partition coefficient (Wildman–Crippen LogP) is 2.93. The number of aryl methyl sites for hydroxylation is 1. The molecule has 0 saturated heterocycles. The van der Waals surface area contributed by atoms with Crippen LogP contribution in [0, 0.1) is 12.8 Å². The molecule has 1 fully saturated rings. The minimum Gasteiger partial charge on any atom is -0.481 e. The fourth-order valence-corrected chi connectivity index (χ4v) is 3.05. The molecule has 0 amide bonds. The van der Waals surface area contributed by atoms with E-state index in [0.717, 1.165) is 28.7 Å². The van der Waals surface area contributed by atoms with Crippen LogP contribution in [0.2, 0.25) is 0 Å². The van der Waals surface area contributed by atoms with Gasteiger partial charge in [0.1, 0.15) is 0 Å². The molecule has 0 spiro atoms. The SMILES string of the molecule is Cc1cccc2nc(SCC(=O)O)n(CC3CC3)c12. The average molecular weight is 276 g/mol. The summed E-state index contributed by atoms with van der Waals surface area (Å²) in [6.45, 7) is 3.04. The number of rotatable bonds is 5. The van der Waals surface area contributed by atoms with Crippen LogP contribution in [0.25, 0.3) is 11.0 Å². The molecule has 0 unspecified atom stereocenters. The largest absolute Gasteiger partial charge is 0.481 e. The van der Waals surface area contributed by atoms with Gasteiger partial charge in [0.25, 0.3) is 0 Å². The number of para-hydroxylation sites is 1. The van der Waals surface area contributed by atoms with Crippen LogP contribution in [-0.2, 0) is 11.3 Å². The molecule has 100 valence electrons. The lowest BCUT2D eigenvalue weighted by Crippen LogP contribution is -2.05. The summed E-state index contributed by atoms with van der Waals surface area (Å²) in [5, 5.41) is 9.66. The fourth-order valence-electron chi connectivity index (χ4n) is 2.31. The molecule has 0 radical (unpaired) electrons. The van der Waals surface area contributed by atoms with Crippen molar-refractivity contribution in [3.05, 3.63) is 23.8 Å². The normalized spacial score (nSPS) is 15.0. The third-order valence-corrected chi connectivity index (χ3v) is 4.36. The van der Waals surface area contributed by atoms with Gasteiger partial charge in [-0.3, -0.25) is 4.79 Å². The first-order chi connectivity index (χ1) is 9.15. The van der Waals surface area contributed by atoms with Gasteiger partial charge in [-0.15, -0.1) is 0 Å². The second-order valence-corrected chi connectivity index (χ2v) is 6.02. The lowest BCUT2D eigenvalue weighted by atomic mass is 10.2. The minimum absolute atomic E-state index is 0.0625. The summed E-state index contributed by atoms with van der Waals surface area (Å²) in [6.07, 6.45) is 2.54. The van der Waals surface area contributed by atoms with E-state index in [9.17, 15) is 4.79 Å². The molecule has 1 aromatic heterocycles. The first-order valence-corrected chi connectivity index (χ1v) is 7.44. The maximum atomic E-state index is 10.7. The van der Waals surface area contributed by atoms with Gasteiger partial charge in [0.2, 0.25) is 0 Å². The van der Waals surface area contributed by atoms with Crippen LogP contribution in [0.1, 0.15) is 18.4 Å². The Morgan fingerprint density at radius 1 is 1.53 bits per heavy atom. The van der Waals surface area contributed by atoms with Crippen molar-refractivity contribution in [1.82, 2.24) is 9.55 Å². The Hall–Kier alpha value is -1.49. The van der Waals surface area contributed by atoms with Gasteiger partial charge in [-0.25, -0.2) is 4.98 Å². The monoisotopic (exact) mass is 276 g/mol. The fraction of sp³-hybridized carbons (Fsp3) is 0.429. The summed E-state index contributed by atoms with van der Waals surface area (Å²) < 4.78 is 2.20. The Balaban J connectivity index is 2.02. The quantitative estimate of drug-likeness (QED) is 0.853. The van der Waals surface area contributed by atoms with Gasteiger partial charge in [0.15, 0.2) is 5.16 Å². The Morgan fingerprint density at radius 2 is 2.32 bits per heavy atom. The van der Waals surface area contributed by atoms with Crippen molar-refractivity contribution in [3.8, 4) is 0 Å². The number of carbonyl (C=O) groups is 1. The average Bonchev–Trinajstić information content (AvgIpc) is 3.09. The van der Waals surface area contributed by atoms with Crippen LogP contribution in [0.3, 0.4) is 0 Å². The van der Waals surface area contributed by atoms with Gasteiger partial charge in [0.05, 0.1) is 16.8 Å². The number of hydrogen-bond donors (Lipinski definition) is 1. The van der Waals surface area contributed by atoms with Crippen molar-refractivity contribution in [3.63, 3.8) is 0 Å². The summed E-state index contributed by atoms with van der Waals surface area (Å²) in [5.74, 6) is 0.000438. The van der Waals surface area contributed by atoms with E-state index in [1.807, 2.05) is 12.1 Å². The Kier molecular flexibility index (Phi) is 3.22. The van der Waals surface area contributed by atoms with Crippen LogP contribution < -0.4 is 0 Å². The highest BCUT2D eigenvalue weighted by Crippen LogP contribution is 2.35. The van der Waals surface area contributed by atoms with Crippen LogP contribution in [0.5, 0.6) is 0 Å². The number of benzene rings is 1. The maximum Gasteiger partial charge on any atom is 0.313 e. The summed E-state index contributed by atoms with van der Waals surface area (Å²) >= 11 is 1.31. The molecule has 0 bridgehead atoms. The predicted molar refractivity (Wildman–Crippen MR) is 75.6 cm³/mol. The number of fused-ring (bicyclic) bond motifs is 1. The maximum absolute atomic E-state index is 10.7. The van der Waals surface area contributed by atoms with Gasteiger partial charge >= 0.3 is 5.97 Å². The van der Waals surface area contributed by atoms with E-state index in [0.29, 0.717) is 0 Å². The lowest BCUT2D eigenvalue weighted by Gasteiger charge is -2.08. The molecule has 4 nitrogen and oxygen atoms in total. The van der Waals surface area contributed by atoms with Crippen LogP contribution in [0.15, 0.2) is 23.4 Å². The van der Waals surface area contributed by atoms with Crippen molar-refractivity contribution in [2.24, 2.45) is 5.92 Å². The van der Waals surface area contributed by atoms with E-state index in [1.165, 1.54) is 30.2 Å². The summed E-state index contributed by atoms with van der Waals surface area (Å²) in [5.41, 5.74) is 3.32. The smallest absolute Gasteiger partial charge is 0.313 e. The van der Waals surface area contributed by atoms with Gasteiger partial charge < -0.3 is 9.67 Å². The third kappa shape index (κ3) is 2.61. The molecule has 1 saturated carbocycles. The Bertz CT molecular complexity index is 632. The summed E-state index contributed by atoms with van der Waals surface area (Å²) in [6, 6.07) is 6.08. The van der Waals surface area contributed by atoms with Crippen LogP contribution in [0.4, 0.5) is 0 Å². The summed E-state index contributed by atoms with van der Waals surface area (Å²) in [4.78, 5) is 15.3. The molecule has 0 aliphatic heterocycles. The highest BCUT2D eigenvalue weighted by molar-refractivity contribution is 7.99. The highest BCUT2D eigenvalue weighted by atomic mass is 32.2. The molecule has 19 heavy (non-hydrogen) atoms. The molecule has 0 atom stereocenters. The zero-order valence-electron chi connectivity index (χ0n) is 10.8. The molecule has 1 aliphatic carbocycles.